The van der Waals surface area contributed by atoms with Crippen LogP contribution in [0.1, 0.15) is 39.5 Å². The Bertz CT molecular complexity index is 186. The Morgan fingerprint density at radius 3 is 2.29 bits per heavy atom. The number of rotatable bonds is 1. The van der Waals surface area contributed by atoms with Gasteiger partial charge >= 0.3 is 0 Å². The Morgan fingerprint density at radius 1 is 1.14 bits per heavy atom. The summed E-state index contributed by atoms with van der Waals surface area (Å²) >= 11 is 0. The molecule has 2 rings (SSSR count). The number of hydrogen-bond donors (Lipinski definition) is 1. The molecule has 0 aromatic heterocycles. The summed E-state index contributed by atoms with van der Waals surface area (Å²) in [4.78, 5) is 0. The van der Waals surface area contributed by atoms with Gasteiger partial charge in [-0.3, -0.25) is 0 Å². The molecule has 1 aliphatic carbocycles. The van der Waals surface area contributed by atoms with Crippen molar-refractivity contribution in [1.82, 2.24) is 0 Å². The van der Waals surface area contributed by atoms with Crippen LogP contribution in [-0.4, -0.2) is 23.9 Å². The van der Waals surface area contributed by atoms with Crippen LogP contribution >= 0.6 is 0 Å². The fourth-order valence-electron chi connectivity index (χ4n) is 3.28. The summed E-state index contributed by atoms with van der Waals surface area (Å²) < 4.78 is 5.33. The van der Waals surface area contributed by atoms with Crippen LogP contribution in [0.5, 0.6) is 0 Å². The van der Waals surface area contributed by atoms with Gasteiger partial charge in [0.15, 0.2) is 0 Å². The highest BCUT2D eigenvalue weighted by Gasteiger charge is 2.43. The van der Waals surface area contributed by atoms with Crippen LogP contribution in [0.3, 0.4) is 0 Å². The van der Waals surface area contributed by atoms with E-state index in [1.807, 2.05) is 0 Å². The van der Waals surface area contributed by atoms with Crippen LogP contribution in [0.15, 0.2) is 0 Å². The third kappa shape index (κ3) is 1.96. The van der Waals surface area contributed by atoms with Crippen molar-refractivity contribution in [3.8, 4) is 0 Å². The predicted octanol–water partition coefficient (Wildman–Crippen LogP) is 2.21. The lowest BCUT2D eigenvalue weighted by Crippen LogP contribution is -2.42. The van der Waals surface area contributed by atoms with Gasteiger partial charge in [-0.05, 0) is 37.0 Å². The van der Waals surface area contributed by atoms with E-state index in [0.29, 0.717) is 12.5 Å². The minimum absolute atomic E-state index is 0.476. The van der Waals surface area contributed by atoms with Gasteiger partial charge in [0.1, 0.15) is 0 Å². The Hall–Kier alpha value is -0.0800. The van der Waals surface area contributed by atoms with Gasteiger partial charge in [0.25, 0.3) is 0 Å². The summed E-state index contributed by atoms with van der Waals surface area (Å²) in [6.07, 6.45) is 4.54. The molecule has 0 amide bonds. The van der Waals surface area contributed by atoms with Gasteiger partial charge in [0, 0.05) is 13.0 Å². The molecule has 0 bridgehead atoms. The maximum Gasteiger partial charge on any atom is 0.0930 e. The zero-order chi connectivity index (χ0) is 10.2. The van der Waals surface area contributed by atoms with Crippen molar-refractivity contribution in [3.05, 3.63) is 0 Å². The zero-order valence-electron chi connectivity index (χ0n) is 9.33. The van der Waals surface area contributed by atoms with Gasteiger partial charge in [0.05, 0.1) is 12.2 Å². The molecule has 2 heteroatoms. The van der Waals surface area contributed by atoms with Crippen LogP contribution in [-0.2, 0) is 4.74 Å². The Morgan fingerprint density at radius 2 is 1.79 bits per heavy atom. The first-order valence-electron chi connectivity index (χ1n) is 5.90. The van der Waals surface area contributed by atoms with Crippen LogP contribution in [0.4, 0.5) is 0 Å². The Balaban J connectivity index is 2.02. The number of hydrogen-bond acceptors (Lipinski definition) is 2. The number of aliphatic hydroxyl groups is 1. The maximum atomic E-state index is 10.4. The van der Waals surface area contributed by atoms with Crippen molar-refractivity contribution < 1.29 is 9.84 Å². The SMILES string of the molecule is CC1CC(C)CC(C2(O)CCOC2)C1. The zero-order valence-corrected chi connectivity index (χ0v) is 9.33. The highest BCUT2D eigenvalue weighted by atomic mass is 16.5. The van der Waals surface area contributed by atoms with Crippen LogP contribution in [0.25, 0.3) is 0 Å². The lowest BCUT2D eigenvalue weighted by atomic mass is 9.69. The maximum absolute atomic E-state index is 10.4. The Labute approximate surface area is 86.6 Å². The first-order valence-corrected chi connectivity index (χ1v) is 5.90. The molecule has 0 radical (unpaired) electrons. The average Bonchev–Trinajstić information content (AvgIpc) is 2.52. The van der Waals surface area contributed by atoms with E-state index in [9.17, 15) is 5.11 Å². The molecule has 1 aliphatic heterocycles. The summed E-state index contributed by atoms with van der Waals surface area (Å²) in [5, 5.41) is 10.4. The van der Waals surface area contributed by atoms with Gasteiger partial charge in [-0.1, -0.05) is 13.8 Å². The average molecular weight is 198 g/mol. The largest absolute Gasteiger partial charge is 0.387 e. The van der Waals surface area contributed by atoms with E-state index >= 15 is 0 Å². The summed E-state index contributed by atoms with van der Waals surface area (Å²) in [5.74, 6) is 2.02. The highest BCUT2D eigenvalue weighted by molar-refractivity contribution is 4.93. The van der Waals surface area contributed by atoms with Crippen LogP contribution in [0.2, 0.25) is 0 Å². The van der Waals surface area contributed by atoms with E-state index in [-0.39, 0.29) is 0 Å². The monoisotopic (exact) mass is 198 g/mol. The van der Waals surface area contributed by atoms with E-state index < -0.39 is 5.60 Å². The quantitative estimate of drug-likeness (QED) is 0.700. The lowest BCUT2D eigenvalue weighted by molar-refractivity contribution is -0.0518. The molecule has 3 unspecified atom stereocenters. The molecule has 2 fully saturated rings. The molecule has 1 saturated carbocycles. The van der Waals surface area contributed by atoms with E-state index in [0.717, 1.165) is 24.9 Å². The third-order valence-electron chi connectivity index (χ3n) is 3.97. The van der Waals surface area contributed by atoms with Crippen molar-refractivity contribution in [2.75, 3.05) is 13.2 Å². The normalized spacial score (nSPS) is 49.5. The minimum Gasteiger partial charge on any atom is -0.387 e. The molecule has 14 heavy (non-hydrogen) atoms. The summed E-state index contributed by atoms with van der Waals surface area (Å²) in [6, 6.07) is 0. The molecule has 0 spiro atoms. The van der Waals surface area contributed by atoms with Crippen molar-refractivity contribution in [1.29, 1.82) is 0 Å². The van der Waals surface area contributed by atoms with Crippen LogP contribution < -0.4 is 0 Å². The Kier molecular flexibility index (Phi) is 2.85. The molecule has 82 valence electrons. The molecule has 0 aromatic carbocycles. The van der Waals surface area contributed by atoms with Crippen molar-refractivity contribution in [2.24, 2.45) is 17.8 Å². The second-order valence-corrected chi connectivity index (χ2v) is 5.52. The molecule has 2 nitrogen and oxygen atoms in total. The predicted molar refractivity (Wildman–Crippen MR) is 56.1 cm³/mol. The first kappa shape index (κ1) is 10.4. The molecular formula is C12H22O2. The van der Waals surface area contributed by atoms with E-state index in [4.69, 9.17) is 4.74 Å². The lowest BCUT2D eigenvalue weighted by Gasteiger charge is -2.39. The second-order valence-electron chi connectivity index (χ2n) is 5.52. The van der Waals surface area contributed by atoms with Crippen molar-refractivity contribution in [3.63, 3.8) is 0 Å². The molecule has 3 atom stereocenters. The third-order valence-corrected chi connectivity index (χ3v) is 3.97. The van der Waals surface area contributed by atoms with Gasteiger partial charge in [-0.2, -0.15) is 0 Å². The summed E-state index contributed by atoms with van der Waals surface area (Å²) in [5.41, 5.74) is -0.497. The standard InChI is InChI=1S/C12H22O2/c1-9-5-10(2)7-11(6-9)12(13)3-4-14-8-12/h9-11,13H,3-8H2,1-2H3. The molecule has 1 N–H and O–H groups in total. The van der Waals surface area contributed by atoms with E-state index in [1.54, 1.807) is 0 Å². The van der Waals surface area contributed by atoms with Gasteiger partial charge in [-0.25, -0.2) is 0 Å². The topological polar surface area (TPSA) is 29.5 Å². The van der Waals surface area contributed by atoms with Crippen molar-refractivity contribution in [2.45, 2.75) is 45.1 Å². The molecule has 0 aromatic rings. The fourth-order valence-corrected chi connectivity index (χ4v) is 3.28. The first-order chi connectivity index (χ1) is 6.60. The van der Waals surface area contributed by atoms with Crippen molar-refractivity contribution >= 4 is 0 Å². The summed E-state index contributed by atoms with van der Waals surface area (Å²) in [6.45, 7) is 5.93. The second kappa shape index (κ2) is 3.82. The van der Waals surface area contributed by atoms with Crippen LogP contribution in [0, 0.1) is 17.8 Å². The minimum atomic E-state index is -0.497. The number of ether oxygens (including phenoxy) is 1. The van der Waals surface area contributed by atoms with E-state index in [1.165, 1.54) is 19.3 Å². The van der Waals surface area contributed by atoms with Gasteiger partial charge in [0.2, 0.25) is 0 Å². The molecule has 2 aliphatic rings. The molecule has 1 heterocycles. The van der Waals surface area contributed by atoms with Gasteiger partial charge in [-0.15, -0.1) is 0 Å². The summed E-state index contributed by atoms with van der Waals surface area (Å²) in [7, 11) is 0. The van der Waals surface area contributed by atoms with E-state index in [2.05, 4.69) is 13.8 Å². The smallest absolute Gasteiger partial charge is 0.0930 e. The highest BCUT2D eigenvalue weighted by Crippen LogP contribution is 2.41. The fraction of sp³-hybridized carbons (Fsp3) is 1.00. The molecule has 1 saturated heterocycles. The molecular weight excluding hydrogens is 176 g/mol. The van der Waals surface area contributed by atoms with Gasteiger partial charge < -0.3 is 9.84 Å².